The predicted octanol–water partition coefficient (Wildman–Crippen LogP) is 1.35. The van der Waals surface area contributed by atoms with Crippen molar-refractivity contribution in [3.8, 4) is 0 Å². The molecule has 0 bridgehead atoms. The molecule has 8 heteroatoms. The number of benzene rings is 2. The Hall–Kier alpha value is -3.94. The van der Waals surface area contributed by atoms with Gasteiger partial charge in [-0.05, 0) is 18.2 Å². The van der Waals surface area contributed by atoms with Crippen LogP contribution in [0.1, 0.15) is 10.4 Å². The maximum absolute atomic E-state index is 12.5. The van der Waals surface area contributed by atoms with Gasteiger partial charge in [0.1, 0.15) is 6.54 Å². The van der Waals surface area contributed by atoms with E-state index in [1.54, 1.807) is 30.5 Å². The number of para-hydroxylation sites is 3. The van der Waals surface area contributed by atoms with Gasteiger partial charge >= 0.3 is 0 Å². The van der Waals surface area contributed by atoms with E-state index in [9.17, 15) is 14.4 Å². The van der Waals surface area contributed by atoms with Crippen molar-refractivity contribution < 1.29 is 9.59 Å². The average molecular weight is 375 g/mol. The molecule has 0 radical (unpaired) electrons. The molecule has 8 nitrogen and oxygen atoms in total. The smallest absolute Gasteiger partial charge is 0.271 e. The van der Waals surface area contributed by atoms with Crippen LogP contribution in [0.4, 0.5) is 0 Å². The minimum atomic E-state index is -0.521. The molecule has 0 atom stereocenters. The van der Waals surface area contributed by atoms with E-state index in [0.29, 0.717) is 16.6 Å². The molecule has 2 amide bonds. The van der Waals surface area contributed by atoms with Gasteiger partial charge < -0.3 is 4.57 Å². The quantitative estimate of drug-likeness (QED) is 0.528. The number of rotatable bonds is 3. The lowest BCUT2D eigenvalue weighted by Gasteiger charge is -2.10. The van der Waals surface area contributed by atoms with Crippen LogP contribution in [-0.4, -0.2) is 25.9 Å². The number of carbonyl (C=O) groups excluding carboxylic acids is 2. The Balaban J connectivity index is 1.50. The summed E-state index contributed by atoms with van der Waals surface area (Å²) in [5.41, 5.74) is 6.90. The number of aryl methyl sites for hydroxylation is 1. The van der Waals surface area contributed by atoms with Crippen LogP contribution in [0.25, 0.3) is 21.9 Å². The number of hydrogen-bond donors (Lipinski definition) is 2. The molecule has 0 aliphatic carbocycles. The minimum absolute atomic E-state index is 0.238. The Kier molecular flexibility index (Phi) is 4.36. The second-order valence-corrected chi connectivity index (χ2v) is 6.34. The van der Waals surface area contributed by atoms with Crippen LogP contribution in [0, 0.1) is 0 Å². The lowest BCUT2D eigenvalue weighted by Crippen LogP contribution is -2.44. The molecule has 0 unspecified atom stereocenters. The van der Waals surface area contributed by atoms with Gasteiger partial charge in [0.15, 0.2) is 0 Å². The summed E-state index contributed by atoms with van der Waals surface area (Å²) in [4.78, 5) is 41.0. The number of carbonyl (C=O) groups is 2. The first-order valence-corrected chi connectivity index (χ1v) is 8.62. The van der Waals surface area contributed by atoms with Crippen LogP contribution < -0.4 is 16.4 Å². The molecule has 0 saturated carbocycles. The molecule has 2 N–H and O–H groups in total. The number of hydrazine groups is 1. The summed E-state index contributed by atoms with van der Waals surface area (Å²) in [5.74, 6) is -0.955. The summed E-state index contributed by atoms with van der Waals surface area (Å²) in [6.45, 7) is -0.238. The van der Waals surface area contributed by atoms with Crippen molar-refractivity contribution in [2.75, 3.05) is 0 Å². The Bertz CT molecular complexity index is 1270. The van der Waals surface area contributed by atoms with Gasteiger partial charge in [0, 0.05) is 24.1 Å². The third-order valence-electron chi connectivity index (χ3n) is 4.51. The monoisotopic (exact) mass is 375 g/mol. The lowest BCUT2D eigenvalue weighted by molar-refractivity contribution is -0.122. The topological polar surface area (TPSA) is 98.0 Å². The summed E-state index contributed by atoms with van der Waals surface area (Å²) in [6, 6.07) is 14.5. The summed E-state index contributed by atoms with van der Waals surface area (Å²) >= 11 is 0. The van der Waals surface area contributed by atoms with Gasteiger partial charge in [-0.2, -0.15) is 0 Å². The van der Waals surface area contributed by atoms with Gasteiger partial charge in [0.2, 0.25) is 0 Å². The zero-order valence-electron chi connectivity index (χ0n) is 15.0. The maximum atomic E-state index is 12.5. The molecule has 4 aromatic rings. The van der Waals surface area contributed by atoms with E-state index in [2.05, 4.69) is 15.8 Å². The van der Waals surface area contributed by atoms with Gasteiger partial charge in [-0.25, -0.2) is 4.98 Å². The number of hydrogen-bond acceptors (Lipinski definition) is 4. The maximum Gasteiger partial charge on any atom is 0.271 e. The van der Waals surface area contributed by atoms with E-state index in [1.807, 2.05) is 35.9 Å². The molecule has 0 aliphatic rings. The van der Waals surface area contributed by atoms with Crippen molar-refractivity contribution in [1.29, 1.82) is 0 Å². The largest absolute Gasteiger partial charge is 0.350 e. The van der Waals surface area contributed by atoms with Crippen molar-refractivity contribution in [2.45, 2.75) is 6.54 Å². The molecule has 4 rings (SSSR count). The lowest BCUT2D eigenvalue weighted by atomic mass is 10.2. The first-order chi connectivity index (χ1) is 13.5. The zero-order chi connectivity index (χ0) is 19.7. The molecular formula is C20H17N5O3. The summed E-state index contributed by atoms with van der Waals surface area (Å²) in [6.07, 6.45) is 2.87. The van der Waals surface area contributed by atoms with Crippen LogP contribution in [0.15, 0.2) is 65.7 Å². The van der Waals surface area contributed by atoms with Crippen molar-refractivity contribution >= 4 is 33.8 Å². The minimum Gasteiger partial charge on any atom is -0.350 e. The van der Waals surface area contributed by atoms with E-state index in [-0.39, 0.29) is 6.54 Å². The van der Waals surface area contributed by atoms with Crippen LogP contribution >= 0.6 is 0 Å². The molecule has 0 fully saturated rings. The summed E-state index contributed by atoms with van der Waals surface area (Å²) < 4.78 is 3.15. The van der Waals surface area contributed by atoms with Crippen LogP contribution in [0.5, 0.6) is 0 Å². The third kappa shape index (κ3) is 3.11. The Morgan fingerprint density at radius 3 is 2.54 bits per heavy atom. The predicted molar refractivity (Wildman–Crippen MR) is 105 cm³/mol. The summed E-state index contributed by atoms with van der Waals surface area (Å²) in [5, 5.41) is 0.785. The molecule has 2 aromatic heterocycles. The number of nitrogens with zero attached hydrogens (tertiary/aromatic N) is 3. The Morgan fingerprint density at radius 2 is 1.71 bits per heavy atom. The van der Waals surface area contributed by atoms with Crippen molar-refractivity contribution in [2.24, 2.45) is 7.05 Å². The first kappa shape index (κ1) is 17.5. The van der Waals surface area contributed by atoms with Gasteiger partial charge in [-0.3, -0.25) is 29.8 Å². The van der Waals surface area contributed by atoms with E-state index < -0.39 is 17.4 Å². The highest BCUT2D eigenvalue weighted by atomic mass is 16.2. The zero-order valence-corrected chi connectivity index (χ0v) is 15.0. The molecule has 0 spiro atoms. The van der Waals surface area contributed by atoms with Gasteiger partial charge in [-0.15, -0.1) is 0 Å². The average Bonchev–Trinajstić information content (AvgIpc) is 3.05. The van der Waals surface area contributed by atoms with Gasteiger partial charge in [0.25, 0.3) is 17.4 Å². The van der Waals surface area contributed by atoms with E-state index >= 15 is 0 Å². The van der Waals surface area contributed by atoms with Crippen molar-refractivity contribution in [3.63, 3.8) is 0 Å². The van der Waals surface area contributed by atoms with Crippen molar-refractivity contribution in [1.82, 2.24) is 25.0 Å². The standard InChI is InChI=1S/C20H17N5O3/c1-24-11-14(13-6-2-4-8-16(13)24)20(28)23-22-18(26)12-25-17-9-5-3-7-15(17)21-10-19(25)27/h2-11H,12H2,1H3,(H,22,26)(H,23,28). The normalized spacial score (nSPS) is 10.9. The molecule has 140 valence electrons. The van der Waals surface area contributed by atoms with Crippen LogP contribution in [-0.2, 0) is 18.4 Å². The number of aromatic nitrogens is 3. The first-order valence-electron chi connectivity index (χ1n) is 8.62. The SMILES string of the molecule is Cn1cc(C(=O)NNC(=O)Cn2c(=O)cnc3ccccc32)c2ccccc21. The number of fused-ring (bicyclic) bond motifs is 2. The fraction of sp³-hybridized carbons (Fsp3) is 0.100. The second kappa shape index (κ2) is 6.99. The fourth-order valence-electron chi connectivity index (χ4n) is 3.18. The number of amides is 2. The molecule has 28 heavy (non-hydrogen) atoms. The highest BCUT2D eigenvalue weighted by Crippen LogP contribution is 2.19. The van der Waals surface area contributed by atoms with E-state index in [4.69, 9.17) is 0 Å². The highest BCUT2D eigenvalue weighted by molar-refractivity contribution is 6.07. The number of nitrogens with one attached hydrogen (secondary N) is 2. The fourth-order valence-corrected chi connectivity index (χ4v) is 3.18. The van der Waals surface area contributed by atoms with Crippen LogP contribution in [0.3, 0.4) is 0 Å². The molecule has 2 aromatic carbocycles. The van der Waals surface area contributed by atoms with Gasteiger partial charge in [-0.1, -0.05) is 30.3 Å². The van der Waals surface area contributed by atoms with Crippen LogP contribution in [0.2, 0.25) is 0 Å². The van der Waals surface area contributed by atoms with E-state index in [1.165, 1.54) is 10.8 Å². The van der Waals surface area contributed by atoms with Gasteiger partial charge in [0.05, 0.1) is 22.8 Å². The summed E-state index contributed by atoms with van der Waals surface area (Å²) in [7, 11) is 1.85. The second-order valence-electron chi connectivity index (χ2n) is 6.34. The van der Waals surface area contributed by atoms with E-state index in [0.717, 1.165) is 10.9 Å². The Labute approximate surface area is 159 Å². The third-order valence-corrected chi connectivity index (χ3v) is 4.51. The molecule has 0 saturated heterocycles. The van der Waals surface area contributed by atoms with Crippen molar-refractivity contribution in [3.05, 3.63) is 76.8 Å². The molecule has 0 aliphatic heterocycles. The Morgan fingerprint density at radius 1 is 1.00 bits per heavy atom. The molecule has 2 heterocycles. The highest BCUT2D eigenvalue weighted by Gasteiger charge is 2.15. The molecular weight excluding hydrogens is 358 g/mol.